The maximum absolute atomic E-state index is 11.5. The van der Waals surface area contributed by atoms with Crippen LogP contribution in [-0.4, -0.2) is 24.0 Å². The molecule has 0 radical (unpaired) electrons. The summed E-state index contributed by atoms with van der Waals surface area (Å²) in [6.45, 7) is 0. The van der Waals surface area contributed by atoms with Crippen molar-refractivity contribution in [3.8, 4) is 0 Å². The minimum atomic E-state index is 0.305. The molecule has 1 saturated carbocycles. The molecule has 3 atom stereocenters. The summed E-state index contributed by atoms with van der Waals surface area (Å²) in [6, 6.07) is 1.70. The Morgan fingerprint density at radius 1 is 1.23 bits per heavy atom. The third-order valence-corrected chi connectivity index (χ3v) is 3.58. The SMILES string of the molecule is O=C(NC1CC2CCC1N2)C1CC1. The highest BCUT2D eigenvalue weighted by molar-refractivity contribution is 5.81. The van der Waals surface area contributed by atoms with Crippen LogP contribution in [0, 0.1) is 5.92 Å². The van der Waals surface area contributed by atoms with Gasteiger partial charge in [0.1, 0.15) is 0 Å². The van der Waals surface area contributed by atoms with Crippen LogP contribution in [0.15, 0.2) is 0 Å². The molecule has 1 aliphatic carbocycles. The largest absolute Gasteiger partial charge is 0.352 e. The number of carbonyl (C=O) groups excluding carboxylic acids is 1. The standard InChI is InChI=1S/C10H16N2O/c13-10(6-1-2-6)12-9-5-7-3-4-8(9)11-7/h6-9,11H,1-5H2,(H,12,13). The Bertz CT molecular complexity index is 237. The number of hydrogen-bond donors (Lipinski definition) is 2. The van der Waals surface area contributed by atoms with Crippen LogP contribution in [0.2, 0.25) is 0 Å². The van der Waals surface area contributed by atoms with Gasteiger partial charge in [0.2, 0.25) is 5.91 Å². The molecule has 2 heterocycles. The lowest BCUT2D eigenvalue weighted by Gasteiger charge is -2.21. The van der Waals surface area contributed by atoms with Crippen LogP contribution >= 0.6 is 0 Å². The third kappa shape index (κ3) is 1.35. The van der Waals surface area contributed by atoms with Crippen molar-refractivity contribution in [1.29, 1.82) is 0 Å². The van der Waals surface area contributed by atoms with Crippen LogP contribution in [0.5, 0.6) is 0 Å². The molecule has 13 heavy (non-hydrogen) atoms. The van der Waals surface area contributed by atoms with E-state index in [-0.39, 0.29) is 0 Å². The first-order valence-corrected chi connectivity index (χ1v) is 5.39. The Kier molecular flexibility index (Phi) is 1.62. The van der Waals surface area contributed by atoms with E-state index in [0.29, 0.717) is 30.0 Å². The second-order valence-corrected chi connectivity index (χ2v) is 4.67. The zero-order valence-corrected chi connectivity index (χ0v) is 7.75. The Balaban J connectivity index is 1.58. The van der Waals surface area contributed by atoms with Gasteiger partial charge in [-0.15, -0.1) is 0 Å². The van der Waals surface area contributed by atoms with Crippen LogP contribution in [0.4, 0.5) is 0 Å². The van der Waals surface area contributed by atoms with Crippen molar-refractivity contribution >= 4 is 5.91 Å². The Morgan fingerprint density at radius 2 is 2.08 bits per heavy atom. The van der Waals surface area contributed by atoms with Gasteiger partial charge >= 0.3 is 0 Å². The molecule has 3 rings (SSSR count). The van der Waals surface area contributed by atoms with Crippen molar-refractivity contribution in [2.24, 2.45) is 5.92 Å². The van der Waals surface area contributed by atoms with E-state index in [4.69, 9.17) is 0 Å². The smallest absolute Gasteiger partial charge is 0.223 e. The summed E-state index contributed by atoms with van der Waals surface area (Å²) in [4.78, 5) is 11.5. The number of amides is 1. The van der Waals surface area contributed by atoms with Crippen molar-refractivity contribution in [1.82, 2.24) is 10.6 Å². The van der Waals surface area contributed by atoms with E-state index in [9.17, 15) is 4.79 Å². The first-order chi connectivity index (χ1) is 6.33. The summed E-state index contributed by atoms with van der Waals surface area (Å²) in [5, 5.41) is 6.70. The number of hydrogen-bond acceptors (Lipinski definition) is 2. The third-order valence-electron chi connectivity index (χ3n) is 3.58. The summed E-state index contributed by atoms with van der Waals surface area (Å²) >= 11 is 0. The number of nitrogens with one attached hydrogen (secondary N) is 2. The van der Waals surface area contributed by atoms with Crippen LogP contribution < -0.4 is 10.6 Å². The van der Waals surface area contributed by atoms with Gasteiger partial charge in [0, 0.05) is 24.0 Å². The van der Waals surface area contributed by atoms with Crippen LogP contribution in [0.25, 0.3) is 0 Å². The zero-order valence-electron chi connectivity index (χ0n) is 7.75. The summed E-state index contributed by atoms with van der Waals surface area (Å²) < 4.78 is 0. The average Bonchev–Trinajstić information content (AvgIpc) is 2.79. The maximum atomic E-state index is 11.5. The van der Waals surface area contributed by atoms with E-state index in [1.165, 1.54) is 12.8 Å². The lowest BCUT2D eigenvalue weighted by atomic mass is 9.95. The topological polar surface area (TPSA) is 41.1 Å². The predicted molar refractivity (Wildman–Crippen MR) is 49.2 cm³/mol. The van der Waals surface area contributed by atoms with Gasteiger partial charge in [-0.1, -0.05) is 0 Å². The highest BCUT2D eigenvalue weighted by Crippen LogP contribution is 2.32. The Morgan fingerprint density at radius 3 is 2.62 bits per heavy atom. The fourth-order valence-corrected chi connectivity index (χ4v) is 2.63. The molecule has 2 aliphatic heterocycles. The molecule has 3 fully saturated rings. The molecule has 0 spiro atoms. The van der Waals surface area contributed by atoms with Gasteiger partial charge in [-0.3, -0.25) is 4.79 Å². The lowest BCUT2D eigenvalue weighted by Crippen LogP contribution is -2.43. The Labute approximate surface area is 78.3 Å². The van der Waals surface area contributed by atoms with E-state index in [0.717, 1.165) is 19.3 Å². The van der Waals surface area contributed by atoms with E-state index in [1.807, 2.05) is 0 Å². The molecule has 3 aliphatic rings. The quantitative estimate of drug-likeness (QED) is 0.646. The van der Waals surface area contributed by atoms with E-state index >= 15 is 0 Å². The highest BCUT2D eigenvalue weighted by Gasteiger charge is 2.41. The lowest BCUT2D eigenvalue weighted by molar-refractivity contribution is -0.123. The monoisotopic (exact) mass is 180 g/mol. The first-order valence-electron chi connectivity index (χ1n) is 5.39. The molecular weight excluding hydrogens is 164 g/mol. The van der Waals surface area contributed by atoms with E-state index in [1.54, 1.807) is 0 Å². The van der Waals surface area contributed by atoms with Crippen LogP contribution in [-0.2, 0) is 4.79 Å². The molecule has 0 aromatic rings. The summed E-state index contributed by atoms with van der Waals surface area (Å²) in [6.07, 6.45) is 5.93. The van der Waals surface area contributed by atoms with Gasteiger partial charge in [-0.05, 0) is 32.1 Å². The van der Waals surface area contributed by atoms with Crippen molar-refractivity contribution < 1.29 is 4.79 Å². The molecule has 2 N–H and O–H groups in total. The second-order valence-electron chi connectivity index (χ2n) is 4.67. The average molecular weight is 180 g/mol. The van der Waals surface area contributed by atoms with Crippen molar-refractivity contribution in [3.63, 3.8) is 0 Å². The number of fused-ring (bicyclic) bond motifs is 2. The van der Waals surface area contributed by atoms with Crippen molar-refractivity contribution in [2.75, 3.05) is 0 Å². The molecule has 3 heteroatoms. The first kappa shape index (κ1) is 7.80. The number of carbonyl (C=O) groups is 1. The van der Waals surface area contributed by atoms with E-state index in [2.05, 4.69) is 10.6 Å². The summed E-state index contributed by atoms with van der Waals surface area (Å²) in [7, 11) is 0. The predicted octanol–water partition coefficient (Wildman–Crippen LogP) is 0.405. The van der Waals surface area contributed by atoms with Gasteiger partial charge in [0.05, 0.1) is 0 Å². The van der Waals surface area contributed by atoms with Gasteiger partial charge in [0.15, 0.2) is 0 Å². The second kappa shape index (κ2) is 2.71. The molecule has 3 nitrogen and oxygen atoms in total. The Hall–Kier alpha value is -0.570. The number of rotatable bonds is 2. The summed E-state index contributed by atoms with van der Waals surface area (Å²) in [5.41, 5.74) is 0. The molecule has 0 aromatic carbocycles. The fourth-order valence-electron chi connectivity index (χ4n) is 2.63. The minimum Gasteiger partial charge on any atom is -0.352 e. The molecule has 72 valence electrons. The van der Waals surface area contributed by atoms with Crippen LogP contribution in [0.1, 0.15) is 32.1 Å². The van der Waals surface area contributed by atoms with Crippen molar-refractivity contribution in [3.05, 3.63) is 0 Å². The zero-order chi connectivity index (χ0) is 8.84. The molecule has 2 bridgehead atoms. The normalized spacial score (nSPS) is 42.3. The van der Waals surface area contributed by atoms with Gasteiger partial charge in [0.25, 0.3) is 0 Å². The summed E-state index contributed by atoms with van der Waals surface area (Å²) in [5.74, 6) is 0.665. The van der Waals surface area contributed by atoms with Gasteiger partial charge in [-0.25, -0.2) is 0 Å². The molecular formula is C10H16N2O. The maximum Gasteiger partial charge on any atom is 0.223 e. The molecule has 1 amide bonds. The molecule has 3 unspecified atom stereocenters. The minimum absolute atomic E-state index is 0.305. The molecule has 0 aromatic heterocycles. The van der Waals surface area contributed by atoms with E-state index < -0.39 is 0 Å². The highest BCUT2D eigenvalue weighted by atomic mass is 16.2. The van der Waals surface area contributed by atoms with Gasteiger partial charge < -0.3 is 10.6 Å². The molecule has 2 saturated heterocycles. The van der Waals surface area contributed by atoms with Crippen LogP contribution in [0.3, 0.4) is 0 Å². The van der Waals surface area contributed by atoms with Gasteiger partial charge in [-0.2, -0.15) is 0 Å². The fraction of sp³-hybridized carbons (Fsp3) is 0.900. The van der Waals surface area contributed by atoms with Crippen molar-refractivity contribution in [2.45, 2.75) is 50.2 Å².